The third kappa shape index (κ3) is 7.24. The minimum absolute atomic E-state index is 0.0860. The first kappa shape index (κ1) is 41.4. The molecular formula is C34H42O22. The number of aliphatic hydroxyl groups is 8. The van der Waals surface area contributed by atoms with Crippen molar-refractivity contribution in [2.75, 3.05) is 13.7 Å². The molecule has 3 aliphatic heterocycles. The summed E-state index contributed by atoms with van der Waals surface area (Å²) in [6, 6.07) is 3.50. The number of phenols is 5. The first-order valence-corrected chi connectivity index (χ1v) is 17.1. The van der Waals surface area contributed by atoms with Gasteiger partial charge in [0.15, 0.2) is 41.2 Å². The summed E-state index contributed by atoms with van der Waals surface area (Å²) in [5.41, 5.74) is -2.23. The standard InChI is InChI=1S/C34H42O22/c1-8-15(36)19(40)25(46)33(51-8)55-28-9(2)52-32(27(48)24(28)45)50-7-13-16(37)20(41)26(47)34(53-13)56-31-18(39)14-17(38)21(42)22(43)23(44)30(14)54-29(31)10-4-5-11(35)12(6-10)49-3/h4-6,8-9,13,15-16,19-20,24-28,32-38,40-48H,7H2,1-3H3. The second-order valence-electron chi connectivity index (χ2n) is 13.5. The molecule has 3 aromatic rings. The van der Waals surface area contributed by atoms with Crippen LogP contribution < -0.4 is 14.9 Å². The highest BCUT2D eigenvalue weighted by molar-refractivity contribution is 5.96. The van der Waals surface area contributed by atoms with Crippen LogP contribution in [-0.4, -0.2) is 172 Å². The van der Waals surface area contributed by atoms with Crippen LogP contribution in [0, 0.1) is 0 Å². The van der Waals surface area contributed by atoms with Crippen LogP contribution in [0.1, 0.15) is 13.8 Å². The third-order valence-corrected chi connectivity index (χ3v) is 9.84. The number of aliphatic hydroxyl groups excluding tert-OH is 8. The van der Waals surface area contributed by atoms with E-state index in [4.69, 9.17) is 37.6 Å². The zero-order valence-corrected chi connectivity index (χ0v) is 29.6. The maximum absolute atomic E-state index is 13.9. The molecule has 0 amide bonds. The molecule has 2 aromatic carbocycles. The van der Waals surface area contributed by atoms with Gasteiger partial charge in [-0.2, -0.15) is 0 Å². The van der Waals surface area contributed by atoms with Gasteiger partial charge < -0.3 is 104 Å². The number of benzene rings is 2. The average molecular weight is 803 g/mol. The monoisotopic (exact) mass is 802 g/mol. The van der Waals surface area contributed by atoms with Gasteiger partial charge in [-0.3, -0.25) is 4.79 Å². The van der Waals surface area contributed by atoms with Crippen molar-refractivity contribution >= 4 is 11.0 Å². The summed E-state index contributed by atoms with van der Waals surface area (Å²) in [6.45, 7) is 2.08. The predicted octanol–water partition coefficient (Wildman–Crippen LogP) is -3.12. The lowest BCUT2D eigenvalue weighted by Crippen LogP contribution is -2.63. The Morgan fingerprint density at radius 1 is 0.661 bits per heavy atom. The molecule has 15 unspecified atom stereocenters. The highest BCUT2D eigenvalue weighted by Crippen LogP contribution is 2.50. The molecule has 0 radical (unpaired) electrons. The van der Waals surface area contributed by atoms with E-state index >= 15 is 0 Å². The molecule has 22 heteroatoms. The Labute approximate surface area is 314 Å². The van der Waals surface area contributed by atoms with Gasteiger partial charge in [0, 0.05) is 5.56 Å². The highest BCUT2D eigenvalue weighted by Gasteiger charge is 2.51. The summed E-state index contributed by atoms with van der Waals surface area (Å²) in [5, 5.41) is 135. The van der Waals surface area contributed by atoms with Crippen molar-refractivity contribution in [3.05, 3.63) is 28.4 Å². The quantitative estimate of drug-likeness (QED) is 0.0751. The van der Waals surface area contributed by atoms with Crippen LogP contribution in [0.4, 0.5) is 0 Å². The van der Waals surface area contributed by atoms with Crippen LogP contribution >= 0.6 is 0 Å². The molecule has 15 atom stereocenters. The molecule has 3 aliphatic rings. The topological polar surface area (TPSA) is 358 Å². The van der Waals surface area contributed by atoms with Crippen LogP contribution in [0.15, 0.2) is 27.4 Å². The van der Waals surface area contributed by atoms with Gasteiger partial charge in [-0.1, -0.05) is 0 Å². The van der Waals surface area contributed by atoms with Crippen LogP contribution in [0.3, 0.4) is 0 Å². The number of hydrogen-bond donors (Lipinski definition) is 13. The minimum Gasteiger partial charge on any atom is -0.504 e. The van der Waals surface area contributed by atoms with Crippen molar-refractivity contribution in [3.63, 3.8) is 0 Å². The van der Waals surface area contributed by atoms with E-state index < -0.39 is 150 Å². The molecule has 310 valence electrons. The zero-order valence-electron chi connectivity index (χ0n) is 29.6. The summed E-state index contributed by atoms with van der Waals surface area (Å²) in [6.07, 6.45) is -24.8. The molecule has 6 rings (SSSR count). The molecule has 0 bridgehead atoms. The van der Waals surface area contributed by atoms with Crippen molar-refractivity contribution in [2.24, 2.45) is 0 Å². The maximum atomic E-state index is 13.9. The molecule has 0 aliphatic carbocycles. The fourth-order valence-electron chi connectivity index (χ4n) is 6.54. The number of phenolic OH excluding ortho intramolecular Hbond substituents is 5. The fourth-order valence-corrected chi connectivity index (χ4v) is 6.54. The van der Waals surface area contributed by atoms with E-state index in [1.54, 1.807) is 0 Å². The van der Waals surface area contributed by atoms with Gasteiger partial charge in [0.05, 0.1) is 25.9 Å². The van der Waals surface area contributed by atoms with Crippen molar-refractivity contribution in [1.82, 2.24) is 0 Å². The van der Waals surface area contributed by atoms with Crippen LogP contribution in [0.2, 0.25) is 0 Å². The number of rotatable bonds is 9. The van der Waals surface area contributed by atoms with E-state index in [0.29, 0.717) is 0 Å². The van der Waals surface area contributed by atoms with Gasteiger partial charge in [0.2, 0.25) is 34.7 Å². The number of hydrogen-bond acceptors (Lipinski definition) is 22. The lowest BCUT2D eigenvalue weighted by atomic mass is 9.97. The van der Waals surface area contributed by atoms with E-state index in [0.717, 1.165) is 12.1 Å². The Hall–Kier alpha value is -4.27. The van der Waals surface area contributed by atoms with Gasteiger partial charge in [-0.15, -0.1) is 0 Å². The summed E-state index contributed by atoms with van der Waals surface area (Å²) < 4.78 is 44.5. The van der Waals surface area contributed by atoms with Gasteiger partial charge >= 0.3 is 0 Å². The lowest BCUT2D eigenvalue weighted by Gasteiger charge is -2.46. The first-order valence-electron chi connectivity index (χ1n) is 17.1. The molecule has 3 saturated heterocycles. The van der Waals surface area contributed by atoms with Gasteiger partial charge in [0.25, 0.3) is 0 Å². The Morgan fingerprint density at radius 3 is 1.95 bits per heavy atom. The minimum atomic E-state index is -2.11. The molecule has 1 aromatic heterocycles. The molecule has 22 nitrogen and oxygen atoms in total. The number of fused-ring (bicyclic) bond motifs is 1. The zero-order chi connectivity index (χ0) is 41.1. The fraction of sp³-hybridized carbons (Fsp3) is 0.559. The summed E-state index contributed by atoms with van der Waals surface area (Å²) in [4.78, 5) is 13.9. The van der Waals surface area contributed by atoms with E-state index in [9.17, 15) is 71.2 Å². The Morgan fingerprint density at radius 2 is 1.27 bits per heavy atom. The maximum Gasteiger partial charge on any atom is 0.239 e. The largest absolute Gasteiger partial charge is 0.504 e. The first-order chi connectivity index (χ1) is 26.4. The predicted molar refractivity (Wildman–Crippen MR) is 180 cm³/mol. The van der Waals surface area contributed by atoms with Gasteiger partial charge in [-0.25, -0.2) is 0 Å². The Kier molecular flexibility index (Phi) is 11.8. The third-order valence-electron chi connectivity index (χ3n) is 9.84. The normalized spacial score (nSPS) is 36.4. The van der Waals surface area contributed by atoms with E-state index in [-0.39, 0.29) is 17.1 Å². The molecule has 3 fully saturated rings. The van der Waals surface area contributed by atoms with Crippen LogP contribution in [-0.2, 0) is 23.7 Å². The molecule has 0 spiro atoms. The number of aromatic hydroxyl groups is 5. The smallest absolute Gasteiger partial charge is 0.239 e. The van der Waals surface area contributed by atoms with Gasteiger partial charge in [0.1, 0.15) is 66.4 Å². The molecule has 13 N–H and O–H groups in total. The number of methoxy groups -OCH3 is 1. The SMILES string of the molecule is COc1cc(-c2oc3c(O)c(O)c(O)c(O)c3c(=O)c2OC2OC(COC3OC(C)C(OC4OC(C)C(O)C(O)C4O)C(O)C3O)C(O)C(O)C2O)ccc1O. The second kappa shape index (κ2) is 15.9. The molecule has 56 heavy (non-hydrogen) atoms. The summed E-state index contributed by atoms with van der Waals surface area (Å²) in [5.74, 6) is -6.87. The summed E-state index contributed by atoms with van der Waals surface area (Å²) in [7, 11) is 1.21. The van der Waals surface area contributed by atoms with Crippen molar-refractivity contribution in [2.45, 2.75) is 106 Å². The van der Waals surface area contributed by atoms with Crippen molar-refractivity contribution in [3.8, 4) is 51.6 Å². The lowest BCUT2D eigenvalue weighted by molar-refractivity contribution is -0.357. The van der Waals surface area contributed by atoms with Crippen molar-refractivity contribution < 1.29 is 104 Å². The average Bonchev–Trinajstić information content (AvgIpc) is 3.17. The van der Waals surface area contributed by atoms with E-state index in [1.165, 1.54) is 27.0 Å². The Balaban J connectivity index is 1.24. The van der Waals surface area contributed by atoms with Gasteiger partial charge in [-0.05, 0) is 32.0 Å². The molecule has 4 heterocycles. The van der Waals surface area contributed by atoms with E-state index in [1.807, 2.05) is 0 Å². The number of ether oxygens (including phenoxy) is 7. The van der Waals surface area contributed by atoms with Crippen LogP contribution in [0.5, 0.6) is 40.2 Å². The molecule has 0 saturated carbocycles. The van der Waals surface area contributed by atoms with E-state index in [2.05, 4.69) is 0 Å². The second-order valence-corrected chi connectivity index (χ2v) is 13.5. The Bertz CT molecular complexity index is 1950. The highest BCUT2D eigenvalue weighted by atomic mass is 16.7. The molecular weight excluding hydrogens is 760 g/mol. The van der Waals surface area contributed by atoms with Crippen LogP contribution in [0.25, 0.3) is 22.3 Å². The van der Waals surface area contributed by atoms with Crippen molar-refractivity contribution in [1.29, 1.82) is 0 Å². The summed E-state index contributed by atoms with van der Waals surface area (Å²) >= 11 is 0.